The molecule has 0 bridgehead atoms. The number of likely N-dealkylation sites (tertiary alicyclic amines) is 1. The number of aliphatic imine (C=N–C) groups is 1. The van der Waals surface area contributed by atoms with E-state index < -0.39 is 0 Å². The van der Waals surface area contributed by atoms with Gasteiger partial charge in [0.1, 0.15) is 0 Å². The van der Waals surface area contributed by atoms with Crippen molar-refractivity contribution in [2.24, 2.45) is 10.7 Å². The van der Waals surface area contributed by atoms with Crippen LogP contribution in [0.1, 0.15) is 32.2 Å². The minimum absolute atomic E-state index is 0.0210. The number of nitrogens with zero attached hydrogens (tertiary/aromatic N) is 3. The van der Waals surface area contributed by atoms with Gasteiger partial charge in [0, 0.05) is 25.7 Å². The Morgan fingerprint density at radius 1 is 1.36 bits per heavy atom. The van der Waals surface area contributed by atoms with Crippen molar-refractivity contribution in [2.45, 2.75) is 32.2 Å². The van der Waals surface area contributed by atoms with Gasteiger partial charge in [-0.1, -0.05) is 19.1 Å². The number of para-hydroxylation sites is 2. The Bertz CT molecular complexity index is 721. The number of fused-ring (bicyclic) bond motifs is 1. The zero-order chi connectivity index (χ0) is 15.5. The van der Waals surface area contributed by atoms with Crippen LogP contribution in [-0.4, -0.2) is 40.0 Å². The lowest BCUT2D eigenvalue weighted by atomic mass is 10.0. The molecule has 0 unspecified atom stereocenters. The van der Waals surface area contributed by atoms with E-state index in [2.05, 4.69) is 21.8 Å². The summed E-state index contributed by atoms with van der Waals surface area (Å²) in [5.41, 5.74) is 7.89. The molecule has 0 saturated carbocycles. The van der Waals surface area contributed by atoms with Crippen molar-refractivity contribution in [1.29, 1.82) is 0 Å². The number of aromatic nitrogens is 2. The van der Waals surface area contributed by atoms with Gasteiger partial charge in [-0.15, -0.1) is 0 Å². The Morgan fingerprint density at radius 3 is 2.82 bits per heavy atom. The highest BCUT2D eigenvalue weighted by Gasteiger charge is 2.24. The van der Waals surface area contributed by atoms with Crippen LogP contribution in [0.4, 0.5) is 0 Å². The highest BCUT2D eigenvalue weighted by molar-refractivity contribution is 5.78. The Labute approximate surface area is 129 Å². The standard InChI is InChI=1S/C16H23N5O/c1-2-9-18-15(17)20-10-7-12(8-11-20)21-14-6-4-3-5-13(14)19-16(21)22/h3-6,12H,2,7-11H2,1H3,(H2,17,18)(H,19,22). The van der Waals surface area contributed by atoms with Gasteiger partial charge in [-0.3, -0.25) is 9.56 Å². The van der Waals surface area contributed by atoms with Crippen LogP contribution < -0.4 is 11.4 Å². The monoisotopic (exact) mass is 301 g/mol. The zero-order valence-corrected chi connectivity index (χ0v) is 13.0. The van der Waals surface area contributed by atoms with Crippen molar-refractivity contribution < 1.29 is 0 Å². The van der Waals surface area contributed by atoms with E-state index in [1.165, 1.54) is 0 Å². The number of aromatic amines is 1. The molecule has 6 heteroatoms. The van der Waals surface area contributed by atoms with Gasteiger partial charge in [0.15, 0.2) is 5.96 Å². The molecule has 1 saturated heterocycles. The lowest BCUT2D eigenvalue weighted by Gasteiger charge is -2.33. The largest absolute Gasteiger partial charge is 0.370 e. The first-order valence-electron chi connectivity index (χ1n) is 7.95. The zero-order valence-electron chi connectivity index (χ0n) is 13.0. The third kappa shape index (κ3) is 2.73. The number of benzene rings is 1. The van der Waals surface area contributed by atoms with Crippen molar-refractivity contribution in [3.05, 3.63) is 34.7 Å². The molecular formula is C16H23N5O. The Morgan fingerprint density at radius 2 is 2.09 bits per heavy atom. The van der Waals surface area contributed by atoms with Crippen molar-refractivity contribution in [1.82, 2.24) is 14.5 Å². The maximum atomic E-state index is 12.2. The SMILES string of the molecule is CCCN=C(N)N1CCC(n2c(=O)[nH]c3ccccc32)CC1. The molecule has 1 aliphatic heterocycles. The van der Waals surface area contributed by atoms with Gasteiger partial charge in [0.2, 0.25) is 0 Å². The molecule has 0 amide bonds. The molecule has 1 aromatic heterocycles. The number of piperidine rings is 1. The molecule has 0 spiro atoms. The van der Waals surface area contributed by atoms with Crippen LogP contribution >= 0.6 is 0 Å². The molecule has 1 fully saturated rings. The topological polar surface area (TPSA) is 79.4 Å². The smallest absolute Gasteiger partial charge is 0.326 e. The first-order chi connectivity index (χ1) is 10.7. The van der Waals surface area contributed by atoms with Crippen molar-refractivity contribution in [3.63, 3.8) is 0 Å². The van der Waals surface area contributed by atoms with Gasteiger partial charge < -0.3 is 15.6 Å². The van der Waals surface area contributed by atoms with E-state index >= 15 is 0 Å². The summed E-state index contributed by atoms with van der Waals surface area (Å²) in [4.78, 5) is 21.7. The lowest BCUT2D eigenvalue weighted by molar-refractivity contribution is 0.264. The van der Waals surface area contributed by atoms with Gasteiger partial charge in [-0.25, -0.2) is 4.79 Å². The summed E-state index contributed by atoms with van der Waals surface area (Å²) in [7, 11) is 0. The second-order valence-corrected chi connectivity index (χ2v) is 5.78. The number of nitrogens with two attached hydrogens (primary N) is 1. The van der Waals surface area contributed by atoms with Gasteiger partial charge in [0.25, 0.3) is 0 Å². The molecule has 3 N–H and O–H groups in total. The van der Waals surface area contributed by atoms with Gasteiger partial charge >= 0.3 is 5.69 Å². The fourth-order valence-electron chi connectivity index (χ4n) is 3.12. The second-order valence-electron chi connectivity index (χ2n) is 5.78. The molecule has 0 aliphatic carbocycles. The van der Waals surface area contributed by atoms with Crippen LogP contribution in [-0.2, 0) is 0 Å². The maximum Gasteiger partial charge on any atom is 0.326 e. The van der Waals surface area contributed by atoms with E-state index in [1.807, 2.05) is 28.8 Å². The Kier molecular flexibility index (Phi) is 4.18. The summed E-state index contributed by atoms with van der Waals surface area (Å²) in [5.74, 6) is 0.631. The van der Waals surface area contributed by atoms with Crippen molar-refractivity contribution in [2.75, 3.05) is 19.6 Å². The van der Waals surface area contributed by atoms with Gasteiger partial charge in [-0.05, 0) is 31.4 Å². The third-order valence-corrected chi connectivity index (χ3v) is 4.28. The number of H-pyrrole nitrogens is 1. The van der Waals surface area contributed by atoms with Crippen molar-refractivity contribution in [3.8, 4) is 0 Å². The first kappa shape index (κ1) is 14.7. The number of guanidine groups is 1. The van der Waals surface area contributed by atoms with Crippen LogP contribution in [0, 0.1) is 0 Å². The molecule has 0 atom stereocenters. The van der Waals surface area contributed by atoms with Crippen LogP contribution in [0.25, 0.3) is 11.0 Å². The van der Waals surface area contributed by atoms with Crippen LogP contribution in [0.5, 0.6) is 0 Å². The molecule has 3 rings (SSSR count). The Hall–Kier alpha value is -2.24. The number of nitrogens with one attached hydrogen (secondary N) is 1. The van der Waals surface area contributed by atoms with E-state index in [4.69, 9.17) is 5.73 Å². The normalized spacial score (nSPS) is 17.3. The third-order valence-electron chi connectivity index (χ3n) is 4.28. The van der Waals surface area contributed by atoms with Gasteiger partial charge in [-0.2, -0.15) is 0 Å². The van der Waals surface area contributed by atoms with E-state index in [0.717, 1.165) is 49.9 Å². The van der Waals surface area contributed by atoms with Crippen LogP contribution in [0.2, 0.25) is 0 Å². The quantitative estimate of drug-likeness (QED) is 0.669. The summed E-state index contributed by atoms with van der Waals surface area (Å²) in [6.45, 7) is 4.55. The summed E-state index contributed by atoms with van der Waals surface area (Å²) in [5, 5.41) is 0. The summed E-state index contributed by atoms with van der Waals surface area (Å²) in [6, 6.07) is 8.07. The molecule has 118 valence electrons. The Balaban J connectivity index is 1.76. The minimum Gasteiger partial charge on any atom is -0.370 e. The molecule has 22 heavy (non-hydrogen) atoms. The molecule has 1 aromatic carbocycles. The molecule has 1 aliphatic rings. The molecule has 2 heterocycles. The molecule has 6 nitrogen and oxygen atoms in total. The maximum absolute atomic E-state index is 12.2. The van der Waals surface area contributed by atoms with E-state index in [1.54, 1.807) is 0 Å². The molecule has 2 aromatic rings. The predicted octanol–water partition coefficient (Wildman–Crippen LogP) is 1.69. The van der Waals surface area contributed by atoms with E-state index in [9.17, 15) is 4.79 Å². The average molecular weight is 301 g/mol. The van der Waals surface area contributed by atoms with Crippen LogP contribution in [0.15, 0.2) is 34.1 Å². The predicted molar refractivity (Wildman–Crippen MR) is 89.2 cm³/mol. The van der Waals surface area contributed by atoms with Crippen molar-refractivity contribution >= 4 is 17.0 Å². The summed E-state index contributed by atoms with van der Waals surface area (Å²) in [6.07, 6.45) is 2.82. The fourth-order valence-corrected chi connectivity index (χ4v) is 3.12. The highest BCUT2D eigenvalue weighted by atomic mass is 16.1. The number of rotatable bonds is 3. The summed E-state index contributed by atoms with van der Waals surface area (Å²) >= 11 is 0. The van der Waals surface area contributed by atoms with E-state index in [0.29, 0.717) is 5.96 Å². The number of imidazole rings is 1. The fraction of sp³-hybridized carbons (Fsp3) is 0.500. The summed E-state index contributed by atoms with van der Waals surface area (Å²) < 4.78 is 1.89. The van der Waals surface area contributed by atoms with E-state index in [-0.39, 0.29) is 11.7 Å². The first-order valence-corrected chi connectivity index (χ1v) is 7.95. The van der Waals surface area contributed by atoms with Gasteiger partial charge in [0.05, 0.1) is 11.0 Å². The molecular weight excluding hydrogens is 278 g/mol. The lowest BCUT2D eigenvalue weighted by Crippen LogP contribution is -2.44. The number of hydrogen-bond acceptors (Lipinski definition) is 2. The average Bonchev–Trinajstić information content (AvgIpc) is 2.88. The van der Waals surface area contributed by atoms with Crippen LogP contribution in [0.3, 0.4) is 0 Å². The highest BCUT2D eigenvalue weighted by Crippen LogP contribution is 2.24. The second kappa shape index (κ2) is 6.25. The number of hydrogen-bond donors (Lipinski definition) is 2. The molecule has 0 radical (unpaired) electrons. The minimum atomic E-state index is -0.0210.